The molecule has 1 saturated heterocycles. The molecule has 0 spiro atoms. The molecule has 1 heterocycles. The molecule has 33 heavy (non-hydrogen) atoms. The minimum atomic E-state index is -2.22. The molecular weight excluding hydrogens is 457 g/mol. The van der Waals surface area contributed by atoms with Crippen molar-refractivity contribution in [2.45, 2.75) is 12.5 Å². The van der Waals surface area contributed by atoms with Crippen molar-refractivity contribution in [1.29, 1.82) is 0 Å². The molecule has 0 bridgehead atoms. The highest BCUT2D eigenvalue weighted by Gasteiger charge is 2.28. The molecule has 0 aliphatic carbocycles. The van der Waals surface area contributed by atoms with Gasteiger partial charge in [0.2, 0.25) is 34.8 Å². The third-order valence-corrected chi connectivity index (χ3v) is 4.17. The Morgan fingerprint density at radius 1 is 0.970 bits per heavy atom. The largest absolute Gasteiger partial charge is 0.478 e. The molecular formula is C21H18F5NO6. The second kappa shape index (κ2) is 11.9. The number of hydrogen-bond donors (Lipinski definition) is 3. The van der Waals surface area contributed by atoms with Gasteiger partial charge < -0.3 is 25.0 Å². The third kappa shape index (κ3) is 7.26. The van der Waals surface area contributed by atoms with E-state index in [1.807, 2.05) is 0 Å². The summed E-state index contributed by atoms with van der Waals surface area (Å²) in [5.41, 5.74) is 0.528. The van der Waals surface area contributed by atoms with E-state index in [9.17, 15) is 31.5 Å². The summed E-state index contributed by atoms with van der Waals surface area (Å²) >= 11 is 0. The topological polar surface area (TPSA) is 105 Å². The molecule has 0 radical (unpaired) electrons. The molecule has 0 aromatic heterocycles. The molecule has 7 nitrogen and oxygen atoms in total. The summed E-state index contributed by atoms with van der Waals surface area (Å²) < 4.78 is 77.9. The summed E-state index contributed by atoms with van der Waals surface area (Å²) in [6.07, 6.45) is 1.29. The molecule has 1 aliphatic heterocycles. The molecule has 2 aromatic rings. The monoisotopic (exact) mass is 475 g/mol. The maximum atomic E-state index is 13.8. The van der Waals surface area contributed by atoms with Crippen molar-refractivity contribution in [1.82, 2.24) is 5.32 Å². The van der Waals surface area contributed by atoms with Gasteiger partial charge in [-0.05, 0) is 11.6 Å². The van der Waals surface area contributed by atoms with Crippen LogP contribution in [0.25, 0.3) is 0 Å². The maximum absolute atomic E-state index is 13.8. The number of carboxylic acid groups (broad SMARTS) is 2. The lowest BCUT2D eigenvalue weighted by atomic mass is 10.1. The highest BCUT2D eigenvalue weighted by Crippen LogP contribution is 2.34. The predicted octanol–water partition coefficient (Wildman–Crippen LogP) is 3.42. The Bertz CT molecular complexity index is 995. The first-order chi connectivity index (χ1) is 15.6. The van der Waals surface area contributed by atoms with E-state index in [2.05, 4.69) is 5.32 Å². The molecule has 1 atom stereocenters. The zero-order valence-electron chi connectivity index (χ0n) is 16.8. The summed E-state index contributed by atoms with van der Waals surface area (Å²) in [5.74, 6) is -14.2. The molecule has 1 aliphatic rings. The van der Waals surface area contributed by atoms with Crippen LogP contribution in [-0.4, -0.2) is 48.0 Å². The van der Waals surface area contributed by atoms with Gasteiger partial charge in [-0.1, -0.05) is 18.2 Å². The highest BCUT2D eigenvalue weighted by atomic mass is 19.2. The number of nitrogens with one attached hydrogen (secondary N) is 1. The van der Waals surface area contributed by atoms with Crippen molar-refractivity contribution < 1.29 is 51.2 Å². The number of rotatable bonds is 6. The summed E-state index contributed by atoms with van der Waals surface area (Å²) in [6.45, 7) is 1.82. The van der Waals surface area contributed by atoms with E-state index in [1.54, 1.807) is 12.1 Å². The van der Waals surface area contributed by atoms with Crippen molar-refractivity contribution >= 4 is 11.9 Å². The van der Waals surface area contributed by atoms with Crippen LogP contribution in [0.15, 0.2) is 36.4 Å². The lowest BCUT2D eigenvalue weighted by molar-refractivity contribution is -0.134. The predicted molar refractivity (Wildman–Crippen MR) is 103 cm³/mol. The molecule has 0 amide bonds. The fraction of sp³-hybridized carbons (Fsp3) is 0.238. The minimum absolute atomic E-state index is 0.000110. The number of carboxylic acids is 2. The number of para-hydroxylation sites is 1. The van der Waals surface area contributed by atoms with Gasteiger partial charge in [0.1, 0.15) is 5.75 Å². The van der Waals surface area contributed by atoms with Gasteiger partial charge in [-0.25, -0.2) is 22.8 Å². The first kappa shape index (κ1) is 25.7. The lowest BCUT2D eigenvalue weighted by Gasteiger charge is -2.24. The second-order valence-corrected chi connectivity index (χ2v) is 6.52. The average molecular weight is 475 g/mol. The van der Waals surface area contributed by atoms with Crippen LogP contribution in [0.1, 0.15) is 5.56 Å². The number of hydrogen-bond acceptors (Lipinski definition) is 5. The van der Waals surface area contributed by atoms with Crippen LogP contribution >= 0.6 is 0 Å². The SMILES string of the molecule is Fc1c(F)c(F)c(Oc2ccccc2C[C@H]2CNCCO2)c(F)c1F.O=C(O)/C=C/C(=O)O. The van der Waals surface area contributed by atoms with Crippen LogP contribution in [-0.2, 0) is 20.7 Å². The van der Waals surface area contributed by atoms with Gasteiger partial charge in [0.15, 0.2) is 0 Å². The highest BCUT2D eigenvalue weighted by molar-refractivity contribution is 5.89. The van der Waals surface area contributed by atoms with Crippen LogP contribution in [0.2, 0.25) is 0 Å². The number of aliphatic carboxylic acids is 2. The van der Waals surface area contributed by atoms with Crippen LogP contribution < -0.4 is 10.1 Å². The van der Waals surface area contributed by atoms with Gasteiger partial charge in [-0.15, -0.1) is 0 Å². The first-order valence-corrected chi connectivity index (χ1v) is 9.35. The Morgan fingerprint density at radius 2 is 1.52 bits per heavy atom. The normalized spacial score (nSPS) is 15.6. The van der Waals surface area contributed by atoms with E-state index in [-0.39, 0.29) is 11.9 Å². The maximum Gasteiger partial charge on any atom is 0.328 e. The van der Waals surface area contributed by atoms with Crippen molar-refractivity contribution in [3.63, 3.8) is 0 Å². The first-order valence-electron chi connectivity index (χ1n) is 9.35. The molecule has 1 fully saturated rings. The Hall–Kier alpha value is -3.51. The Balaban J connectivity index is 0.000000414. The van der Waals surface area contributed by atoms with Gasteiger partial charge in [0.25, 0.3) is 0 Å². The molecule has 2 aromatic carbocycles. The average Bonchev–Trinajstić information content (AvgIpc) is 2.80. The quantitative estimate of drug-likeness (QED) is 0.255. The lowest BCUT2D eigenvalue weighted by Crippen LogP contribution is -2.39. The van der Waals surface area contributed by atoms with Crippen LogP contribution in [0, 0.1) is 29.1 Å². The van der Waals surface area contributed by atoms with Gasteiger partial charge >= 0.3 is 11.9 Å². The van der Waals surface area contributed by atoms with E-state index in [4.69, 9.17) is 19.7 Å². The number of benzene rings is 2. The van der Waals surface area contributed by atoms with Crippen molar-refractivity contribution in [2.75, 3.05) is 19.7 Å². The van der Waals surface area contributed by atoms with Gasteiger partial charge in [0, 0.05) is 31.7 Å². The Labute approximate surface area is 184 Å². The molecule has 3 N–H and O–H groups in total. The zero-order chi connectivity index (χ0) is 24.5. The van der Waals surface area contributed by atoms with Crippen LogP contribution in [0.5, 0.6) is 11.5 Å². The van der Waals surface area contributed by atoms with Crippen molar-refractivity contribution in [2.24, 2.45) is 0 Å². The van der Waals surface area contributed by atoms with E-state index in [0.717, 1.165) is 6.54 Å². The summed E-state index contributed by atoms with van der Waals surface area (Å²) in [5, 5.41) is 18.8. The van der Waals surface area contributed by atoms with Crippen LogP contribution in [0.4, 0.5) is 22.0 Å². The molecule has 0 unspecified atom stereocenters. The number of morpholine rings is 1. The summed E-state index contributed by atoms with van der Waals surface area (Å²) in [6, 6.07) is 6.24. The standard InChI is InChI=1S/C17H14F5NO2.C4H4O4/c18-12-13(19)15(21)17(16(22)14(12)20)25-11-4-2-1-3-9(11)7-10-8-23-5-6-24-10;5-3(6)1-2-4(7)8/h1-4,10,23H,5-8H2;1-2H,(H,5,6)(H,7,8)/b;2-1+/t10-;/m0./s1. The number of carbonyl (C=O) groups is 2. The van der Waals surface area contributed by atoms with Gasteiger partial charge in [-0.2, -0.15) is 8.78 Å². The Kier molecular flexibility index (Phi) is 9.30. The smallest absolute Gasteiger partial charge is 0.328 e. The fourth-order valence-corrected chi connectivity index (χ4v) is 2.70. The van der Waals surface area contributed by atoms with E-state index in [0.29, 0.717) is 37.3 Å². The summed E-state index contributed by atoms with van der Waals surface area (Å²) in [7, 11) is 0. The van der Waals surface area contributed by atoms with Crippen LogP contribution in [0.3, 0.4) is 0 Å². The van der Waals surface area contributed by atoms with E-state index in [1.165, 1.54) is 12.1 Å². The van der Waals surface area contributed by atoms with Gasteiger partial charge in [0.05, 0.1) is 12.7 Å². The van der Waals surface area contributed by atoms with Gasteiger partial charge in [-0.3, -0.25) is 0 Å². The van der Waals surface area contributed by atoms with Crippen molar-refractivity contribution in [3.05, 3.63) is 71.1 Å². The molecule has 3 rings (SSSR count). The Morgan fingerprint density at radius 3 is 2.03 bits per heavy atom. The molecule has 12 heteroatoms. The number of halogens is 5. The summed E-state index contributed by atoms with van der Waals surface area (Å²) in [4.78, 5) is 19.1. The zero-order valence-corrected chi connectivity index (χ0v) is 16.8. The van der Waals surface area contributed by atoms with E-state index < -0.39 is 46.8 Å². The number of ether oxygens (including phenoxy) is 2. The third-order valence-electron chi connectivity index (χ3n) is 4.17. The molecule has 0 saturated carbocycles. The minimum Gasteiger partial charge on any atom is -0.478 e. The second-order valence-electron chi connectivity index (χ2n) is 6.52. The molecule has 178 valence electrons. The van der Waals surface area contributed by atoms with E-state index >= 15 is 0 Å². The fourth-order valence-electron chi connectivity index (χ4n) is 2.70. The van der Waals surface area contributed by atoms with Crippen molar-refractivity contribution in [3.8, 4) is 11.5 Å².